The maximum absolute atomic E-state index is 13.7. The molecule has 1 N–H and O–H groups in total. The quantitative estimate of drug-likeness (QED) is 0.313. The molecule has 0 atom stereocenters. The van der Waals surface area contributed by atoms with Crippen molar-refractivity contribution in [3.8, 4) is 5.88 Å². The highest BCUT2D eigenvalue weighted by Gasteiger charge is 2.26. The van der Waals surface area contributed by atoms with Crippen LogP contribution in [0.3, 0.4) is 0 Å². The Morgan fingerprint density at radius 2 is 1.92 bits per heavy atom. The van der Waals surface area contributed by atoms with Gasteiger partial charge in [0.25, 0.3) is 5.91 Å². The molecule has 1 aromatic carbocycles. The molecule has 0 radical (unpaired) electrons. The summed E-state index contributed by atoms with van der Waals surface area (Å²) >= 11 is 0. The van der Waals surface area contributed by atoms with Gasteiger partial charge < -0.3 is 14.6 Å². The summed E-state index contributed by atoms with van der Waals surface area (Å²) in [6, 6.07) is 11.2. The molecule has 37 heavy (non-hydrogen) atoms. The largest absolute Gasteiger partial charge is 0.474 e. The Hall–Kier alpha value is -3.81. The molecule has 4 aromatic rings. The summed E-state index contributed by atoms with van der Waals surface area (Å²) in [7, 11) is 0. The minimum atomic E-state index is -0.943. The predicted molar refractivity (Wildman–Crippen MR) is 138 cm³/mol. The number of aromatic nitrogens is 3. The Bertz CT molecular complexity index is 1410. The molecule has 3 heterocycles. The topological polar surface area (TPSA) is 69.0 Å². The molecule has 1 aliphatic carbocycles. The Morgan fingerprint density at radius 1 is 1.11 bits per heavy atom. The van der Waals surface area contributed by atoms with Gasteiger partial charge in [-0.2, -0.15) is 0 Å². The van der Waals surface area contributed by atoms with Gasteiger partial charge in [0.05, 0.1) is 29.5 Å². The van der Waals surface area contributed by atoms with Crippen LogP contribution in [0.4, 0.5) is 8.78 Å². The van der Waals surface area contributed by atoms with Crippen molar-refractivity contribution in [3.05, 3.63) is 89.0 Å². The fourth-order valence-electron chi connectivity index (χ4n) is 5.07. The molecule has 6 nitrogen and oxygen atoms in total. The second-order valence-corrected chi connectivity index (χ2v) is 9.82. The number of benzene rings is 1. The van der Waals surface area contributed by atoms with Gasteiger partial charge >= 0.3 is 0 Å². The van der Waals surface area contributed by atoms with Crippen LogP contribution >= 0.6 is 0 Å². The standard InChI is InChI=1S/C29H30F2N4O2/c1-18(2)28-27(29(36)34-15-19-10-11-23(30)24(31)13-19)22-14-26(37-21-8-3-4-9-21)33-16-25(22)35(28)17-20-7-5-6-12-32-20/h5-7,10-14,16,18,21H,3-4,8-9,15,17H2,1-2H3,(H,34,36). The van der Waals surface area contributed by atoms with Gasteiger partial charge in [0.15, 0.2) is 11.6 Å². The van der Waals surface area contributed by atoms with E-state index >= 15 is 0 Å². The first kappa shape index (κ1) is 24.9. The molecule has 192 valence electrons. The molecule has 1 saturated carbocycles. The van der Waals surface area contributed by atoms with Crippen LogP contribution < -0.4 is 10.1 Å². The van der Waals surface area contributed by atoms with E-state index in [1.165, 1.54) is 6.07 Å². The molecule has 0 aliphatic heterocycles. The summed E-state index contributed by atoms with van der Waals surface area (Å²) in [5, 5.41) is 3.64. The number of halogens is 2. The molecular weight excluding hydrogens is 474 g/mol. The monoisotopic (exact) mass is 504 g/mol. The van der Waals surface area contributed by atoms with E-state index in [0.29, 0.717) is 23.6 Å². The number of nitrogens with zero attached hydrogens (tertiary/aromatic N) is 3. The predicted octanol–water partition coefficient (Wildman–Crippen LogP) is 6.13. The number of fused-ring (bicyclic) bond motifs is 1. The van der Waals surface area contributed by atoms with Crippen molar-refractivity contribution in [1.82, 2.24) is 19.9 Å². The lowest BCUT2D eigenvalue weighted by molar-refractivity contribution is 0.0951. The zero-order valence-corrected chi connectivity index (χ0v) is 21.0. The van der Waals surface area contributed by atoms with E-state index in [0.717, 1.165) is 60.1 Å². The lowest BCUT2D eigenvalue weighted by atomic mass is 10.0. The zero-order chi connectivity index (χ0) is 25.9. The van der Waals surface area contributed by atoms with E-state index in [4.69, 9.17) is 4.74 Å². The van der Waals surface area contributed by atoms with Crippen molar-refractivity contribution in [2.75, 3.05) is 0 Å². The number of pyridine rings is 2. The first-order valence-corrected chi connectivity index (χ1v) is 12.7. The molecule has 5 rings (SSSR count). The Kier molecular flexibility index (Phi) is 7.17. The van der Waals surface area contributed by atoms with Gasteiger partial charge in [-0.25, -0.2) is 13.8 Å². The van der Waals surface area contributed by atoms with Crippen LogP contribution in [-0.2, 0) is 13.1 Å². The lowest BCUT2D eigenvalue weighted by Crippen LogP contribution is -2.24. The summed E-state index contributed by atoms with van der Waals surface area (Å²) < 4.78 is 35.3. The second-order valence-electron chi connectivity index (χ2n) is 9.82. The number of amides is 1. The highest BCUT2D eigenvalue weighted by atomic mass is 19.2. The summed E-state index contributed by atoms with van der Waals surface area (Å²) in [5.41, 5.74) is 3.53. The van der Waals surface area contributed by atoms with Crippen LogP contribution in [-0.4, -0.2) is 26.5 Å². The average molecular weight is 505 g/mol. The highest BCUT2D eigenvalue weighted by molar-refractivity contribution is 6.08. The zero-order valence-electron chi connectivity index (χ0n) is 21.0. The molecule has 1 fully saturated rings. The maximum Gasteiger partial charge on any atom is 0.254 e. The third-order valence-corrected chi connectivity index (χ3v) is 6.81. The van der Waals surface area contributed by atoms with Gasteiger partial charge in [0.1, 0.15) is 6.10 Å². The smallest absolute Gasteiger partial charge is 0.254 e. The lowest BCUT2D eigenvalue weighted by Gasteiger charge is -2.15. The number of nitrogens with one attached hydrogen (secondary N) is 1. The molecule has 3 aromatic heterocycles. The third kappa shape index (κ3) is 5.33. The third-order valence-electron chi connectivity index (χ3n) is 6.81. The van der Waals surface area contributed by atoms with Crippen molar-refractivity contribution in [2.24, 2.45) is 0 Å². The molecule has 1 amide bonds. The molecule has 1 aliphatic rings. The van der Waals surface area contributed by atoms with E-state index in [1.54, 1.807) is 12.4 Å². The number of hydrogen-bond acceptors (Lipinski definition) is 4. The summed E-state index contributed by atoms with van der Waals surface area (Å²) in [4.78, 5) is 22.7. The van der Waals surface area contributed by atoms with Gasteiger partial charge in [-0.05, 0) is 61.4 Å². The van der Waals surface area contributed by atoms with Crippen molar-refractivity contribution in [3.63, 3.8) is 0 Å². The molecule has 0 unspecified atom stereocenters. The molecule has 0 spiro atoms. The van der Waals surface area contributed by atoms with Crippen LogP contribution in [0, 0.1) is 11.6 Å². The number of carbonyl (C=O) groups excluding carboxylic acids is 1. The van der Waals surface area contributed by atoms with Gasteiger partial charge in [-0.15, -0.1) is 0 Å². The van der Waals surface area contributed by atoms with Gasteiger partial charge in [-0.3, -0.25) is 9.78 Å². The Balaban J connectivity index is 1.56. The summed E-state index contributed by atoms with van der Waals surface area (Å²) in [6.45, 7) is 4.63. The normalized spacial score (nSPS) is 14.0. The minimum absolute atomic E-state index is 0.0133. The van der Waals surface area contributed by atoms with Crippen LogP contribution in [0.2, 0.25) is 0 Å². The number of carbonyl (C=O) groups is 1. The van der Waals surface area contributed by atoms with Gasteiger partial charge in [-0.1, -0.05) is 26.0 Å². The van der Waals surface area contributed by atoms with Crippen LogP contribution in [0.25, 0.3) is 10.9 Å². The second kappa shape index (κ2) is 10.7. The van der Waals surface area contributed by atoms with Crippen molar-refractivity contribution in [2.45, 2.75) is 64.6 Å². The van der Waals surface area contributed by atoms with E-state index in [-0.39, 0.29) is 24.5 Å². The van der Waals surface area contributed by atoms with E-state index in [2.05, 4.69) is 19.9 Å². The number of ether oxygens (including phenoxy) is 1. The number of rotatable bonds is 8. The van der Waals surface area contributed by atoms with Crippen LogP contribution in [0.1, 0.15) is 72.8 Å². The average Bonchev–Trinajstić information content (AvgIpc) is 3.51. The first-order valence-electron chi connectivity index (χ1n) is 12.7. The Labute approximate surface area is 214 Å². The first-order chi connectivity index (χ1) is 17.9. The fourth-order valence-corrected chi connectivity index (χ4v) is 5.07. The van der Waals surface area contributed by atoms with Crippen molar-refractivity contribution < 1.29 is 18.3 Å². The Morgan fingerprint density at radius 3 is 2.62 bits per heavy atom. The molecule has 8 heteroatoms. The van der Waals surface area contributed by atoms with Crippen LogP contribution in [0.15, 0.2) is 54.9 Å². The fraction of sp³-hybridized carbons (Fsp3) is 0.345. The molecule has 0 bridgehead atoms. The van der Waals surface area contributed by atoms with Crippen molar-refractivity contribution in [1.29, 1.82) is 0 Å². The van der Waals surface area contributed by atoms with Gasteiger partial charge in [0.2, 0.25) is 5.88 Å². The SMILES string of the molecule is CC(C)c1c(C(=O)NCc2ccc(F)c(F)c2)c2cc(OC3CCCC3)ncc2n1Cc1ccccn1. The van der Waals surface area contributed by atoms with Crippen molar-refractivity contribution >= 4 is 16.8 Å². The molecular formula is C29H30F2N4O2. The highest BCUT2D eigenvalue weighted by Crippen LogP contribution is 2.34. The van der Waals surface area contributed by atoms with E-state index in [1.807, 2.05) is 38.1 Å². The molecule has 0 saturated heterocycles. The van der Waals surface area contributed by atoms with E-state index in [9.17, 15) is 13.6 Å². The summed E-state index contributed by atoms with van der Waals surface area (Å²) in [5.74, 6) is -1.65. The number of hydrogen-bond donors (Lipinski definition) is 1. The summed E-state index contributed by atoms with van der Waals surface area (Å²) in [6.07, 6.45) is 7.93. The van der Waals surface area contributed by atoms with Gasteiger partial charge in [0, 0.05) is 29.9 Å². The van der Waals surface area contributed by atoms with E-state index < -0.39 is 11.6 Å². The van der Waals surface area contributed by atoms with Crippen LogP contribution in [0.5, 0.6) is 5.88 Å². The maximum atomic E-state index is 13.7. The minimum Gasteiger partial charge on any atom is -0.474 e.